The first-order valence-electron chi connectivity index (χ1n) is 20.6. The van der Waals surface area contributed by atoms with Gasteiger partial charge in [0.05, 0.1) is 36.9 Å². The maximum atomic E-state index is 14.8. The molecule has 0 unspecified atom stereocenters. The summed E-state index contributed by atoms with van der Waals surface area (Å²) in [5, 5.41) is 6.33. The standard InChI is InChI=1S/C47H45Cl3N6O6S/c1-4-6-23-53(24-7-5-2)47(60)43-42(50)30(3)55(51-43)41-21-18-35(27-38(41)46(59)54-25-22-32-13-9-11-15-36(32)29-54)45(58)56(52-44(57)34-17-20-39(48)40(49)28-34)63(61,62)37-19-16-31-12-8-10-14-33(31)26-37/h8-21,26-28H,4-7,22-25,29H2,1-3H3,(H,52,57). The molecule has 4 amide bonds. The van der Waals surface area contributed by atoms with Crippen molar-refractivity contribution >= 4 is 79.2 Å². The van der Waals surface area contributed by atoms with Gasteiger partial charge in [-0.15, -0.1) is 4.41 Å². The lowest BCUT2D eigenvalue weighted by Gasteiger charge is -2.30. The fourth-order valence-corrected chi connectivity index (χ4v) is 9.20. The summed E-state index contributed by atoms with van der Waals surface area (Å²) in [5.41, 5.74) is 4.59. The molecule has 0 atom stereocenters. The number of carbonyl (C=O) groups excluding carboxylic acids is 4. The van der Waals surface area contributed by atoms with Crippen molar-refractivity contribution in [2.24, 2.45) is 0 Å². The molecule has 1 aliphatic rings. The van der Waals surface area contributed by atoms with Crippen molar-refractivity contribution in [2.75, 3.05) is 19.6 Å². The van der Waals surface area contributed by atoms with Gasteiger partial charge >= 0.3 is 0 Å². The van der Waals surface area contributed by atoms with E-state index in [1.165, 1.54) is 53.2 Å². The van der Waals surface area contributed by atoms with Crippen molar-refractivity contribution < 1.29 is 27.6 Å². The number of sulfonamides is 1. The number of nitrogens with zero attached hydrogens (tertiary/aromatic N) is 5. The van der Waals surface area contributed by atoms with Crippen molar-refractivity contribution in [3.63, 3.8) is 0 Å². The zero-order chi connectivity index (χ0) is 45.0. The van der Waals surface area contributed by atoms with Gasteiger partial charge in [0.1, 0.15) is 0 Å². The highest BCUT2D eigenvalue weighted by Gasteiger charge is 2.35. The Hall–Kier alpha value is -5.73. The quantitative estimate of drug-likeness (QED) is 0.114. The summed E-state index contributed by atoms with van der Waals surface area (Å²) >= 11 is 19.2. The average Bonchev–Trinajstić information content (AvgIpc) is 3.60. The normalized spacial score (nSPS) is 12.5. The number of fused-ring (bicyclic) bond motifs is 2. The molecule has 1 aliphatic heterocycles. The lowest BCUT2D eigenvalue weighted by Crippen LogP contribution is -2.49. The van der Waals surface area contributed by atoms with E-state index < -0.39 is 27.7 Å². The lowest BCUT2D eigenvalue weighted by molar-refractivity contribution is 0.0721. The number of hydrogen-bond donors (Lipinski definition) is 1. The number of hydrazine groups is 1. The molecule has 0 spiro atoms. The molecule has 6 aromatic rings. The topological polar surface area (TPSA) is 142 Å². The van der Waals surface area contributed by atoms with Crippen molar-refractivity contribution in [1.29, 1.82) is 0 Å². The van der Waals surface area contributed by atoms with Crippen LogP contribution in [-0.4, -0.2) is 75.7 Å². The molecule has 0 radical (unpaired) electrons. The number of benzene rings is 5. The second-order valence-corrected chi connectivity index (χ2v) is 18.3. The molecule has 1 aromatic heterocycles. The molecule has 16 heteroatoms. The van der Waals surface area contributed by atoms with E-state index >= 15 is 0 Å². The first-order chi connectivity index (χ1) is 30.2. The predicted molar refractivity (Wildman–Crippen MR) is 245 cm³/mol. The monoisotopic (exact) mass is 926 g/mol. The SMILES string of the molecule is CCCCN(CCCC)C(=O)c1nn(-c2ccc(C(=O)N(NC(=O)c3ccc(Cl)c(Cl)c3)S(=O)(=O)c3ccc4ccccc4c3)cc2C(=O)N2CCc3ccccc3C2)c(C)c1Cl. The molecule has 0 aliphatic carbocycles. The summed E-state index contributed by atoms with van der Waals surface area (Å²) in [5.74, 6) is -2.97. The van der Waals surface area contributed by atoms with Crippen LogP contribution in [0.4, 0.5) is 0 Å². The summed E-state index contributed by atoms with van der Waals surface area (Å²) in [4.78, 5) is 60.5. The minimum absolute atomic E-state index is 0.0180. The Morgan fingerprint density at radius 1 is 0.746 bits per heavy atom. The van der Waals surface area contributed by atoms with Crippen LogP contribution in [0.25, 0.3) is 16.5 Å². The Bertz CT molecular complexity index is 2860. The molecular weight excluding hydrogens is 883 g/mol. The minimum atomic E-state index is -4.83. The lowest BCUT2D eigenvalue weighted by atomic mass is 9.98. The molecule has 0 saturated heterocycles. The van der Waals surface area contributed by atoms with Crippen LogP contribution in [0.5, 0.6) is 0 Å². The van der Waals surface area contributed by atoms with E-state index in [4.69, 9.17) is 39.9 Å². The van der Waals surface area contributed by atoms with Gasteiger partial charge in [0.25, 0.3) is 33.7 Å². The minimum Gasteiger partial charge on any atom is -0.337 e. The third-order valence-electron chi connectivity index (χ3n) is 11.0. The Balaban J connectivity index is 1.35. The third kappa shape index (κ3) is 9.47. The van der Waals surface area contributed by atoms with E-state index in [1.54, 1.807) is 34.9 Å². The zero-order valence-electron chi connectivity index (χ0n) is 34.9. The average molecular weight is 928 g/mol. The molecule has 1 N–H and O–H groups in total. The second-order valence-electron chi connectivity index (χ2n) is 15.3. The van der Waals surface area contributed by atoms with Crippen LogP contribution >= 0.6 is 34.8 Å². The maximum Gasteiger partial charge on any atom is 0.286 e. The Labute approximate surface area is 381 Å². The molecule has 5 aromatic carbocycles. The highest BCUT2D eigenvalue weighted by Crippen LogP contribution is 2.31. The summed E-state index contributed by atoms with van der Waals surface area (Å²) in [6.45, 7) is 7.43. The molecule has 0 bridgehead atoms. The van der Waals surface area contributed by atoms with E-state index in [1.807, 2.05) is 50.2 Å². The summed E-state index contributed by atoms with van der Waals surface area (Å²) in [6, 6.07) is 27.2. The highest BCUT2D eigenvalue weighted by molar-refractivity contribution is 7.89. The summed E-state index contributed by atoms with van der Waals surface area (Å²) in [7, 11) is -4.83. The number of unbranched alkanes of at least 4 members (excludes halogenated alkanes) is 2. The van der Waals surface area contributed by atoms with E-state index in [0.717, 1.165) is 42.2 Å². The summed E-state index contributed by atoms with van der Waals surface area (Å²) < 4.78 is 30.8. The highest BCUT2D eigenvalue weighted by atomic mass is 35.5. The van der Waals surface area contributed by atoms with Crippen molar-refractivity contribution in [2.45, 2.75) is 64.3 Å². The number of amides is 4. The zero-order valence-corrected chi connectivity index (χ0v) is 38.0. The number of aromatic nitrogens is 2. The van der Waals surface area contributed by atoms with Gasteiger partial charge in [-0.3, -0.25) is 19.2 Å². The number of hydrogen-bond acceptors (Lipinski definition) is 7. The van der Waals surface area contributed by atoms with Gasteiger partial charge in [0, 0.05) is 37.3 Å². The Kier molecular flexibility index (Phi) is 13.9. The molecule has 0 saturated carbocycles. The van der Waals surface area contributed by atoms with Crippen molar-refractivity contribution in [3.8, 4) is 5.69 Å². The number of carbonyl (C=O) groups is 4. The van der Waals surface area contributed by atoms with E-state index in [9.17, 15) is 27.6 Å². The Morgan fingerprint density at radius 3 is 2.11 bits per heavy atom. The van der Waals surface area contributed by atoms with Crippen LogP contribution in [0.2, 0.25) is 15.1 Å². The molecule has 2 heterocycles. The van der Waals surface area contributed by atoms with Crippen LogP contribution in [0, 0.1) is 6.92 Å². The third-order valence-corrected chi connectivity index (χ3v) is 13.8. The smallest absolute Gasteiger partial charge is 0.286 e. The van der Waals surface area contributed by atoms with Crippen molar-refractivity contribution in [3.05, 3.63) is 157 Å². The van der Waals surface area contributed by atoms with E-state index in [-0.39, 0.29) is 64.9 Å². The molecule has 63 heavy (non-hydrogen) atoms. The van der Waals surface area contributed by atoms with Gasteiger partial charge < -0.3 is 9.80 Å². The van der Waals surface area contributed by atoms with Crippen LogP contribution in [0.3, 0.4) is 0 Å². The summed E-state index contributed by atoms with van der Waals surface area (Å²) in [6.07, 6.45) is 3.93. The van der Waals surface area contributed by atoms with Gasteiger partial charge in [-0.25, -0.2) is 10.1 Å². The van der Waals surface area contributed by atoms with Gasteiger partial charge in [0.15, 0.2) is 5.69 Å². The van der Waals surface area contributed by atoms with Gasteiger partial charge in [-0.05, 0) is 96.6 Å². The predicted octanol–water partition coefficient (Wildman–Crippen LogP) is 9.71. The number of rotatable bonds is 13. The van der Waals surface area contributed by atoms with E-state index in [2.05, 4.69) is 5.43 Å². The first-order valence-corrected chi connectivity index (χ1v) is 23.2. The maximum absolute atomic E-state index is 14.8. The molecule has 0 fully saturated rings. The van der Waals surface area contributed by atoms with Crippen LogP contribution < -0.4 is 5.43 Å². The Morgan fingerprint density at radius 2 is 1.41 bits per heavy atom. The van der Waals surface area contributed by atoms with Gasteiger partial charge in [-0.1, -0.05) is 116 Å². The van der Waals surface area contributed by atoms with Gasteiger partial charge in [0.2, 0.25) is 0 Å². The molecular formula is C47H45Cl3N6O6S. The van der Waals surface area contributed by atoms with E-state index in [0.29, 0.717) is 37.1 Å². The van der Waals surface area contributed by atoms with Crippen LogP contribution in [0.15, 0.2) is 108 Å². The largest absolute Gasteiger partial charge is 0.337 e. The van der Waals surface area contributed by atoms with Crippen molar-refractivity contribution in [1.82, 2.24) is 29.4 Å². The van der Waals surface area contributed by atoms with Crippen LogP contribution in [0.1, 0.15) is 97.9 Å². The molecule has 7 rings (SSSR count). The molecule has 12 nitrogen and oxygen atoms in total. The molecule has 326 valence electrons. The second kappa shape index (κ2) is 19.3. The van der Waals surface area contributed by atoms with Gasteiger partial charge in [-0.2, -0.15) is 13.5 Å². The van der Waals surface area contributed by atoms with Crippen LogP contribution in [-0.2, 0) is 23.0 Å². The number of halogens is 3. The number of nitrogens with one attached hydrogen (secondary N) is 1. The fraction of sp³-hybridized carbons (Fsp3) is 0.255. The fourth-order valence-electron chi connectivity index (χ4n) is 7.45. The first kappa shape index (κ1) is 45.3.